The lowest BCUT2D eigenvalue weighted by Gasteiger charge is -1.79. The van der Waals surface area contributed by atoms with Crippen molar-refractivity contribution in [1.82, 2.24) is 0 Å². The Labute approximate surface area is 77.0 Å². The minimum atomic E-state index is -0.924. The van der Waals surface area contributed by atoms with Crippen LogP contribution in [0.1, 0.15) is 12.8 Å². The number of carbonyl (C=O) groups excluding carboxylic acids is 1. The van der Waals surface area contributed by atoms with Crippen molar-refractivity contribution in [3.8, 4) is 0 Å². The molecule has 0 radical (unpaired) electrons. The van der Waals surface area contributed by atoms with Crippen LogP contribution < -0.4 is 0 Å². The number of benzene rings is 1. The second-order valence-corrected chi connectivity index (χ2v) is 2.25. The highest BCUT2D eigenvalue weighted by atomic mass is 16.4. The Hall–Kier alpha value is -1.64. The zero-order chi connectivity index (χ0) is 9.94. The van der Waals surface area contributed by atoms with Crippen LogP contribution in [0.4, 0.5) is 0 Å². The van der Waals surface area contributed by atoms with Gasteiger partial charge in [-0.25, -0.2) is 0 Å². The third-order valence-corrected chi connectivity index (χ3v) is 1.14. The van der Waals surface area contributed by atoms with Gasteiger partial charge in [-0.05, 0) is 0 Å². The molecule has 70 valence electrons. The van der Waals surface area contributed by atoms with E-state index in [1.165, 1.54) is 0 Å². The molecule has 0 aliphatic carbocycles. The summed E-state index contributed by atoms with van der Waals surface area (Å²) in [6.45, 7) is 0. The predicted octanol–water partition coefficient (Wildman–Crippen LogP) is 1.74. The van der Waals surface area contributed by atoms with Crippen LogP contribution in [-0.2, 0) is 9.59 Å². The second kappa shape index (κ2) is 8.46. The van der Waals surface area contributed by atoms with E-state index in [1.54, 1.807) is 0 Å². The molecule has 0 aliphatic rings. The Balaban J connectivity index is 0.000000223. The van der Waals surface area contributed by atoms with Gasteiger partial charge in [0.15, 0.2) is 0 Å². The van der Waals surface area contributed by atoms with E-state index in [0.717, 1.165) is 0 Å². The summed E-state index contributed by atoms with van der Waals surface area (Å²) in [5.74, 6) is -0.924. The van der Waals surface area contributed by atoms with Gasteiger partial charge >= 0.3 is 5.97 Å². The SMILES string of the molecule is O=CCCC(=O)O.c1ccccc1. The average Bonchev–Trinajstić information content (AvgIpc) is 2.18. The summed E-state index contributed by atoms with van der Waals surface area (Å²) in [6, 6.07) is 12.0. The highest BCUT2D eigenvalue weighted by Gasteiger charge is 1.91. The first-order valence-electron chi connectivity index (χ1n) is 3.93. The monoisotopic (exact) mass is 180 g/mol. The van der Waals surface area contributed by atoms with Crippen LogP contribution in [0.3, 0.4) is 0 Å². The molecule has 1 N–H and O–H groups in total. The molecule has 13 heavy (non-hydrogen) atoms. The lowest BCUT2D eigenvalue weighted by atomic mass is 10.3. The Kier molecular flexibility index (Phi) is 7.39. The van der Waals surface area contributed by atoms with Gasteiger partial charge in [-0.15, -0.1) is 0 Å². The summed E-state index contributed by atoms with van der Waals surface area (Å²) in [7, 11) is 0. The number of aldehydes is 1. The molecule has 0 amide bonds. The van der Waals surface area contributed by atoms with Crippen molar-refractivity contribution in [1.29, 1.82) is 0 Å². The molecule has 0 heterocycles. The summed E-state index contributed by atoms with van der Waals surface area (Å²) in [6.07, 6.45) is 0.660. The lowest BCUT2D eigenvalue weighted by molar-refractivity contribution is -0.137. The first-order chi connectivity index (χ1) is 6.27. The maximum Gasteiger partial charge on any atom is 0.303 e. The van der Waals surface area contributed by atoms with Gasteiger partial charge in [0, 0.05) is 6.42 Å². The number of carbonyl (C=O) groups is 2. The molecule has 0 aromatic heterocycles. The van der Waals surface area contributed by atoms with Gasteiger partial charge in [-0.3, -0.25) is 4.79 Å². The molecule has 3 heteroatoms. The molecule has 0 aliphatic heterocycles. The van der Waals surface area contributed by atoms with Crippen LogP contribution in [-0.4, -0.2) is 17.4 Å². The molecule has 0 fully saturated rings. The second-order valence-electron chi connectivity index (χ2n) is 2.25. The van der Waals surface area contributed by atoms with E-state index in [2.05, 4.69) is 0 Å². The van der Waals surface area contributed by atoms with Gasteiger partial charge in [0.2, 0.25) is 0 Å². The molecule has 0 spiro atoms. The first kappa shape index (κ1) is 11.4. The van der Waals surface area contributed by atoms with Crippen molar-refractivity contribution >= 4 is 12.3 Å². The van der Waals surface area contributed by atoms with Crippen LogP contribution in [0, 0.1) is 0 Å². The summed E-state index contributed by atoms with van der Waals surface area (Å²) in [5, 5.41) is 7.89. The highest BCUT2D eigenvalue weighted by Crippen LogP contribution is 1.80. The van der Waals surface area contributed by atoms with Crippen molar-refractivity contribution in [3.05, 3.63) is 36.4 Å². The number of carboxylic acids is 1. The molecule has 0 saturated carbocycles. The van der Waals surface area contributed by atoms with Gasteiger partial charge in [0.1, 0.15) is 6.29 Å². The Bertz CT molecular complexity index is 204. The van der Waals surface area contributed by atoms with Crippen molar-refractivity contribution < 1.29 is 14.7 Å². The van der Waals surface area contributed by atoms with Crippen LogP contribution in [0.25, 0.3) is 0 Å². The fourth-order valence-corrected chi connectivity index (χ4v) is 0.567. The van der Waals surface area contributed by atoms with E-state index in [0.29, 0.717) is 6.29 Å². The van der Waals surface area contributed by atoms with Crippen molar-refractivity contribution in [2.24, 2.45) is 0 Å². The minimum Gasteiger partial charge on any atom is -0.481 e. The summed E-state index contributed by atoms with van der Waals surface area (Å²) < 4.78 is 0. The molecular formula is C10H12O3. The summed E-state index contributed by atoms with van der Waals surface area (Å²) in [4.78, 5) is 19.0. The van der Waals surface area contributed by atoms with Crippen LogP contribution in [0.5, 0.6) is 0 Å². The fraction of sp³-hybridized carbons (Fsp3) is 0.200. The molecule has 0 bridgehead atoms. The largest absolute Gasteiger partial charge is 0.481 e. The molecule has 3 nitrogen and oxygen atoms in total. The van der Waals surface area contributed by atoms with E-state index in [4.69, 9.17) is 5.11 Å². The molecule has 1 rings (SSSR count). The van der Waals surface area contributed by atoms with Crippen LogP contribution in [0.2, 0.25) is 0 Å². The van der Waals surface area contributed by atoms with E-state index >= 15 is 0 Å². The molecule has 1 aromatic rings. The molecule has 0 atom stereocenters. The standard InChI is InChI=1S/C6H6.C4H6O3/c1-2-4-6-5-3-1;5-3-1-2-4(6)7/h1-6H;3H,1-2H2,(H,6,7). The third-order valence-electron chi connectivity index (χ3n) is 1.14. The molecular weight excluding hydrogens is 168 g/mol. The van der Waals surface area contributed by atoms with E-state index in [-0.39, 0.29) is 12.8 Å². The van der Waals surface area contributed by atoms with Crippen molar-refractivity contribution in [2.75, 3.05) is 0 Å². The maximum absolute atomic E-state index is 9.60. The highest BCUT2D eigenvalue weighted by molar-refractivity contribution is 5.70. The van der Waals surface area contributed by atoms with Crippen LogP contribution >= 0.6 is 0 Å². The van der Waals surface area contributed by atoms with Gasteiger partial charge in [0.05, 0.1) is 6.42 Å². The van der Waals surface area contributed by atoms with Gasteiger partial charge in [-0.1, -0.05) is 36.4 Å². The quantitative estimate of drug-likeness (QED) is 0.721. The Morgan fingerprint density at radius 1 is 1.08 bits per heavy atom. The van der Waals surface area contributed by atoms with Gasteiger partial charge in [0.25, 0.3) is 0 Å². The number of carboxylic acid groups (broad SMARTS) is 1. The number of aliphatic carboxylic acids is 1. The number of hydrogen-bond acceptors (Lipinski definition) is 2. The summed E-state index contributed by atoms with van der Waals surface area (Å²) >= 11 is 0. The van der Waals surface area contributed by atoms with Crippen molar-refractivity contribution in [2.45, 2.75) is 12.8 Å². The van der Waals surface area contributed by atoms with E-state index < -0.39 is 5.97 Å². The summed E-state index contributed by atoms with van der Waals surface area (Å²) in [5.41, 5.74) is 0. The Morgan fingerprint density at radius 3 is 1.62 bits per heavy atom. The molecule has 1 aromatic carbocycles. The van der Waals surface area contributed by atoms with Crippen molar-refractivity contribution in [3.63, 3.8) is 0 Å². The lowest BCUT2D eigenvalue weighted by Crippen LogP contribution is -1.93. The maximum atomic E-state index is 9.60. The van der Waals surface area contributed by atoms with Crippen LogP contribution in [0.15, 0.2) is 36.4 Å². The molecule has 0 unspecified atom stereocenters. The minimum absolute atomic E-state index is 0.0521. The van der Waals surface area contributed by atoms with Gasteiger partial charge < -0.3 is 9.90 Å². The topological polar surface area (TPSA) is 54.4 Å². The zero-order valence-electron chi connectivity index (χ0n) is 7.22. The van der Waals surface area contributed by atoms with E-state index in [1.807, 2.05) is 36.4 Å². The molecule has 0 saturated heterocycles. The normalized spacial score (nSPS) is 8.00. The number of rotatable bonds is 3. The predicted molar refractivity (Wildman–Crippen MR) is 49.4 cm³/mol. The fourth-order valence-electron chi connectivity index (χ4n) is 0.567. The Morgan fingerprint density at radius 2 is 1.46 bits per heavy atom. The third kappa shape index (κ3) is 10.4. The number of hydrogen-bond donors (Lipinski definition) is 1. The van der Waals surface area contributed by atoms with E-state index in [9.17, 15) is 9.59 Å². The smallest absolute Gasteiger partial charge is 0.303 e. The first-order valence-corrected chi connectivity index (χ1v) is 3.93. The zero-order valence-corrected chi connectivity index (χ0v) is 7.22. The van der Waals surface area contributed by atoms with Gasteiger partial charge in [-0.2, -0.15) is 0 Å². The average molecular weight is 180 g/mol.